The number of Topliss-reactive ketones (excluding diaryl/α,β-unsaturated/α-hetero) is 1. The third kappa shape index (κ3) is 3.53. The number of nitrogens with zero attached hydrogens (tertiary/aromatic N) is 1. The highest BCUT2D eigenvalue weighted by Gasteiger charge is 2.44. The SMILES string of the molecule is CCC(=O)C1=C(O)C(=O)N(CCCOC)C1c1cccc(OC)c1OC. The van der Waals surface area contributed by atoms with Crippen molar-refractivity contribution in [2.45, 2.75) is 25.8 Å². The molecule has 1 aromatic carbocycles. The first-order chi connectivity index (χ1) is 12.5. The van der Waals surface area contributed by atoms with Gasteiger partial charge in [0, 0.05) is 32.2 Å². The van der Waals surface area contributed by atoms with Crippen LogP contribution in [0.2, 0.25) is 0 Å². The smallest absolute Gasteiger partial charge is 0.290 e. The van der Waals surface area contributed by atoms with Gasteiger partial charge in [-0.15, -0.1) is 0 Å². The Morgan fingerprint density at radius 2 is 1.96 bits per heavy atom. The summed E-state index contributed by atoms with van der Waals surface area (Å²) in [6.45, 7) is 2.49. The monoisotopic (exact) mass is 363 g/mol. The average molecular weight is 363 g/mol. The van der Waals surface area contributed by atoms with E-state index in [4.69, 9.17) is 14.2 Å². The Labute approximate surface area is 153 Å². The molecule has 0 aliphatic carbocycles. The van der Waals surface area contributed by atoms with Gasteiger partial charge < -0.3 is 24.2 Å². The minimum absolute atomic E-state index is 0.0986. The van der Waals surface area contributed by atoms with Crippen molar-refractivity contribution in [2.75, 3.05) is 34.5 Å². The Kier molecular flexibility index (Phi) is 6.63. The van der Waals surface area contributed by atoms with E-state index in [1.807, 2.05) is 0 Å². The van der Waals surface area contributed by atoms with Crippen molar-refractivity contribution in [3.8, 4) is 11.5 Å². The van der Waals surface area contributed by atoms with Crippen LogP contribution in [0.15, 0.2) is 29.5 Å². The molecule has 0 fully saturated rings. The van der Waals surface area contributed by atoms with Crippen molar-refractivity contribution in [2.24, 2.45) is 0 Å². The van der Waals surface area contributed by atoms with Gasteiger partial charge in [-0.25, -0.2) is 0 Å². The van der Waals surface area contributed by atoms with E-state index in [-0.39, 0.29) is 17.8 Å². The third-order valence-electron chi connectivity index (χ3n) is 4.40. The number of carbonyl (C=O) groups excluding carboxylic acids is 2. The maximum atomic E-state index is 12.6. The molecule has 0 aromatic heterocycles. The lowest BCUT2D eigenvalue weighted by Gasteiger charge is -2.28. The van der Waals surface area contributed by atoms with E-state index in [1.165, 1.54) is 19.1 Å². The molecule has 1 amide bonds. The van der Waals surface area contributed by atoms with Crippen molar-refractivity contribution in [1.29, 1.82) is 0 Å². The molecule has 7 nitrogen and oxygen atoms in total. The van der Waals surface area contributed by atoms with Crippen LogP contribution < -0.4 is 9.47 Å². The number of hydrogen-bond donors (Lipinski definition) is 1. The van der Waals surface area contributed by atoms with E-state index in [0.29, 0.717) is 36.6 Å². The molecule has 0 spiro atoms. The molecule has 0 saturated carbocycles. The van der Waals surface area contributed by atoms with E-state index < -0.39 is 17.7 Å². The van der Waals surface area contributed by atoms with Crippen molar-refractivity contribution < 1.29 is 28.9 Å². The van der Waals surface area contributed by atoms with Gasteiger partial charge >= 0.3 is 0 Å². The molecule has 0 bridgehead atoms. The van der Waals surface area contributed by atoms with Gasteiger partial charge in [-0.2, -0.15) is 0 Å². The largest absolute Gasteiger partial charge is 0.503 e. The number of aliphatic hydroxyl groups excluding tert-OH is 1. The van der Waals surface area contributed by atoms with Gasteiger partial charge in [0.05, 0.1) is 25.8 Å². The van der Waals surface area contributed by atoms with Crippen molar-refractivity contribution >= 4 is 11.7 Å². The Morgan fingerprint density at radius 3 is 2.54 bits per heavy atom. The predicted molar refractivity (Wildman–Crippen MR) is 95.4 cm³/mol. The maximum absolute atomic E-state index is 12.6. The summed E-state index contributed by atoms with van der Waals surface area (Å²) in [5.74, 6) is -0.415. The van der Waals surface area contributed by atoms with Crippen LogP contribution in [0.3, 0.4) is 0 Å². The van der Waals surface area contributed by atoms with Gasteiger partial charge in [0.15, 0.2) is 23.0 Å². The quantitative estimate of drug-likeness (QED) is 0.678. The molecule has 142 valence electrons. The highest BCUT2D eigenvalue weighted by molar-refractivity contribution is 6.09. The molecular weight excluding hydrogens is 338 g/mol. The minimum atomic E-state index is -0.725. The first-order valence-electron chi connectivity index (χ1n) is 8.48. The van der Waals surface area contributed by atoms with E-state index in [1.54, 1.807) is 32.2 Å². The molecular formula is C19H25NO6. The van der Waals surface area contributed by atoms with Crippen molar-refractivity contribution in [3.63, 3.8) is 0 Å². The fourth-order valence-electron chi connectivity index (χ4n) is 3.19. The standard InChI is InChI=1S/C19H25NO6/c1-5-13(21)15-16(12-8-6-9-14(25-3)18(12)26-4)20(10-7-11-24-2)19(23)17(15)22/h6,8-9,16,22H,5,7,10-11H2,1-4H3. The van der Waals surface area contributed by atoms with Gasteiger partial charge in [0.2, 0.25) is 0 Å². The van der Waals surface area contributed by atoms with Crippen LogP contribution in [0.1, 0.15) is 31.4 Å². The first-order valence-corrected chi connectivity index (χ1v) is 8.48. The van der Waals surface area contributed by atoms with Gasteiger partial charge in [-0.05, 0) is 12.5 Å². The van der Waals surface area contributed by atoms with Crippen LogP contribution in [-0.4, -0.2) is 56.2 Å². The zero-order valence-corrected chi connectivity index (χ0v) is 15.6. The second-order valence-corrected chi connectivity index (χ2v) is 5.87. The van der Waals surface area contributed by atoms with E-state index in [9.17, 15) is 14.7 Å². The zero-order chi connectivity index (χ0) is 19.3. The van der Waals surface area contributed by atoms with E-state index in [2.05, 4.69) is 0 Å². The summed E-state index contributed by atoms with van der Waals surface area (Å²) in [5, 5.41) is 10.4. The molecule has 0 saturated heterocycles. The summed E-state index contributed by atoms with van der Waals surface area (Å²) in [6, 6.07) is 4.54. The molecule has 1 aliphatic rings. The fraction of sp³-hybridized carbons (Fsp3) is 0.474. The fourth-order valence-corrected chi connectivity index (χ4v) is 3.19. The van der Waals surface area contributed by atoms with Crippen LogP contribution in [0.5, 0.6) is 11.5 Å². The summed E-state index contributed by atoms with van der Waals surface area (Å²) in [5.41, 5.74) is 0.694. The lowest BCUT2D eigenvalue weighted by atomic mass is 9.94. The second kappa shape index (κ2) is 8.71. The highest BCUT2D eigenvalue weighted by atomic mass is 16.5. The van der Waals surface area contributed by atoms with Crippen molar-refractivity contribution in [1.82, 2.24) is 4.90 Å². The number of amides is 1. The third-order valence-corrected chi connectivity index (χ3v) is 4.40. The second-order valence-electron chi connectivity index (χ2n) is 5.87. The van der Waals surface area contributed by atoms with Gasteiger partial charge in [-0.3, -0.25) is 9.59 Å². The number of carbonyl (C=O) groups is 2. The Hall–Kier alpha value is -2.54. The number of para-hydroxylation sites is 1. The molecule has 0 radical (unpaired) electrons. The molecule has 1 aliphatic heterocycles. The number of ketones is 1. The summed E-state index contributed by atoms with van der Waals surface area (Å²) in [7, 11) is 4.59. The number of methoxy groups -OCH3 is 3. The van der Waals surface area contributed by atoms with Crippen LogP contribution in [0.25, 0.3) is 0 Å². The molecule has 2 rings (SSSR count). The molecule has 1 atom stereocenters. The number of aliphatic hydroxyl groups is 1. The number of rotatable bonds is 9. The number of benzene rings is 1. The Morgan fingerprint density at radius 1 is 1.23 bits per heavy atom. The van der Waals surface area contributed by atoms with Gasteiger partial charge in [0.1, 0.15) is 0 Å². The van der Waals surface area contributed by atoms with Gasteiger partial charge in [-0.1, -0.05) is 19.1 Å². The molecule has 1 heterocycles. The van der Waals surface area contributed by atoms with Crippen LogP contribution in [-0.2, 0) is 14.3 Å². The first kappa shape index (κ1) is 19.8. The number of ether oxygens (including phenoxy) is 3. The maximum Gasteiger partial charge on any atom is 0.290 e. The summed E-state index contributed by atoms with van der Waals surface area (Å²) in [4.78, 5) is 26.6. The molecule has 7 heteroatoms. The van der Waals surface area contributed by atoms with Gasteiger partial charge in [0.25, 0.3) is 5.91 Å². The normalized spacial score (nSPS) is 17.0. The average Bonchev–Trinajstić information content (AvgIpc) is 2.91. The summed E-state index contributed by atoms with van der Waals surface area (Å²) < 4.78 is 15.9. The zero-order valence-electron chi connectivity index (χ0n) is 15.6. The van der Waals surface area contributed by atoms with E-state index >= 15 is 0 Å². The highest BCUT2D eigenvalue weighted by Crippen LogP contribution is 2.44. The number of hydrogen-bond acceptors (Lipinski definition) is 6. The molecule has 26 heavy (non-hydrogen) atoms. The predicted octanol–water partition coefficient (Wildman–Crippen LogP) is 2.41. The van der Waals surface area contributed by atoms with E-state index in [0.717, 1.165) is 0 Å². The Balaban J connectivity index is 2.57. The molecule has 1 N–H and O–H groups in total. The van der Waals surface area contributed by atoms with Crippen LogP contribution in [0.4, 0.5) is 0 Å². The molecule has 1 aromatic rings. The Bertz CT molecular complexity index is 712. The molecule has 1 unspecified atom stereocenters. The minimum Gasteiger partial charge on any atom is -0.503 e. The van der Waals surface area contributed by atoms with Crippen LogP contribution >= 0.6 is 0 Å². The summed E-state index contributed by atoms with van der Waals surface area (Å²) in [6.07, 6.45) is 0.757. The lowest BCUT2D eigenvalue weighted by Crippen LogP contribution is -2.32. The summed E-state index contributed by atoms with van der Waals surface area (Å²) >= 11 is 0. The topological polar surface area (TPSA) is 85.3 Å². The van der Waals surface area contributed by atoms with Crippen molar-refractivity contribution in [3.05, 3.63) is 35.1 Å². The van der Waals surface area contributed by atoms with Crippen LogP contribution in [0, 0.1) is 0 Å². The lowest BCUT2D eigenvalue weighted by molar-refractivity contribution is -0.129.